The van der Waals surface area contributed by atoms with Crippen LogP contribution in [0, 0.1) is 23.7 Å². The van der Waals surface area contributed by atoms with Crippen molar-refractivity contribution in [3.8, 4) is 23.0 Å². The van der Waals surface area contributed by atoms with Gasteiger partial charge in [-0.2, -0.15) is 18.2 Å². The number of alkyl halides is 3. The number of ether oxygens (including phenoxy) is 3. The molecule has 12 nitrogen and oxygen atoms in total. The van der Waals surface area contributed by atoms with E-state index < -0.39 is 75.4 Å². The number of imide groups is 2. The van der Waals surface area contributed by atoms with Gasteiger partial charge in [0.25, 0.3) is 11.8 Å². The van der Waals surface area contributed by atoms with E-state index in [-0.39, 0.29) is 30.2 Å². The minimum atomic E-state index is -4.77. The molecule has 0 bridgehead atoms. The molecule has 4 amide bonds. The lowest BCUT2D eigenvalue weighted by atomic mass is 9.49. The number of anilines is 2. The average molecular weight is 940 g/mol. The zero-order chi connectivity index (χ0) is 46.8. The molecule has 4 aliphatic rings. The van der Waals surface area contributed by atoms with Crippen LogP contribution in [0.3, 0.4) is 0 Å². The van der Waals surface area contributed by atoms with Crippen LogP contribution in [0.5, 0.6) is 23.0 Å². The first-order chi connectivity index (χ1) is 31.6. The number of carbonyl (C=O) groups excluding carboxylic acids is 4. The smallest absolute Gasteiger partial charge is 0.417 e. The third-order valence-electron chi connectivity index (χ3n) is 13.1. The van der Waals surface area contributed by atoms with Crippen LogP contribution in [0.4, 0.5) is 24.7 Å². The number of nitrogens with one attached hydrogen (secondary N) is 1. The monoisotopic (exact) mass is 938 g/mol. The van der Waals surface area contributed by atoms with Gasteiger partial charge in [-0.3, -0.25) is 29.5 Å². The number of carbonyl (C=O) groups is 4. The molecule has 1 aromatic heterocycles. The van der Waals surface area contributed by atoms with Crippen molar-refractivity contribution < 1.29 is 51.7 Å². The molecule has 5 aromatic rings. The van der Waals surface area contributed by atoms with Gasteiger partial charge in [0.05, 0.1) is 60.8 Å². The number of halogens is 5. The van der Waals surface area contributed by atoms with Crippen molar-refractivity contribution in [1.29, 1.82) is 0 Å². The Morgan fingerprint density at radius 2 is 1.55 bits per heavy atom. The number of phenols is 1. The molecule has 2 saturated heterocycles. The molecule has 9 rings (SSSR count). The SMILES string of the molecule is COc1ccc(OC)c(C=Cc2ccc(N3C(=O)C4CC=C5C(CC6C(=O)N(Nc7ncc(C(F)(F)F)cc7Cl)C(=O)C6(c6ccc(Cl)cc6)C5c5ccc(O)cc5OC)C4C3=O)cc2)c1. The molecular formula is C49H39Cl2F3N4O8. The van der Waals surface area contributed by atoms with Crippen LogP contribution in [0.1, 0.15) is 46.6 Å². The lowest BCUT2D eigenvalue weighted by molar-refractivity contribution is -0.139. The Morgan fingerprint density at radius 1 is 0.818 bits per heavy atom. The molecular weight excluding hydrogens is 900 g/mol. The van der Waals surface area contributed by atoms with Crippen LogP contribution in [-0.2, 0) is 30.8 Å². The van der Waals surface area contributed by atoms with Gasteiger partial charge in [-0.25, -0.2) is 4.98 Å². The number of amides is 4. The first-order valence-corrected chi connectivity index (χ1v) is 21.4. The Hall–Kier alpha value is -6.84. The van der Waals surface area contributed by atoms with E-state index >= 15 is 9.59 Å². The zero-order valence-electron chi connectivity index (χ0n) is 35.3. The number of fused-ring (bicyclic) bond motifs is 4. The topological polar surface area (TPSA) is 148 Å². The fourth-order valence-corrected chi connectivity index (χ4v) is 10.5. The molecule has 3 fully saturated rings. The Balaban J connectivity index is 1.13. The molecule has 2 aliphatic carbocycles. The number of hydrogen-bond donors (Lipinski definition) is 2. The predicted molar refractivity (Wildman–Crippen MR) is 239 cm³/mol. The molecule has 6 atom stereocenters. The van der Waals surface area contributed by atoms with Gasteiger partial charge in [0, 0.05) is 34.3 Å². The summed E-state index contributed by atoms with van der Waals surface area (Å²) >= 11 is 12.7. The summed E-state index contributed by atoms with van der Waals surface area (Å²) < 4.78 is 57.5. The van der Waals surface area contributed by atoms with Gasteiger partial charge < -0.3 is 19.3 Å². The fourth-order valence-electron chi connectivity index (χ4n) is 10.2. The average Bonchev–Trinajstić information content (AvgIpc) is 3.69. The molecule has 4 aromatic carbocycles. The fraction of sp³-hybridized carbons (Fsp3) is 0.245. The number of pyridine rings is 1. The lowest BCUT2D eigenvalue weighted by Gasteiger charge is -2.50. The molecule has 338 valence electrons. The summed E-state index contributed by atoms with van der Waals surface area (Å²) in [5.74, 6) is -6.40. The maximum absolute atomic E-state index is 15.5. The molecule has 66 heavy (non-hydrogen) atoms. The Bertz CT molecular complexity index is 2870. The Morgan fingerprint density at radius 3 is 2.21 bits per heavy atom. The highest BCUT2D eigenvalue weighted by atomic mass is 35.5. The minimum absolute atomic E-state index is 0.0895. The van der Waals surface area contributed by atoms with Crippen LogP contribution in [0.2, 0.25) is 10.0 Å². The third-order valence-corrected chi connectivity index (χ3v) is 13.7. The van der Waals surface area contributed by atoms with E-state index in [0.29, 0.717) is 56.2 Å². The van der Waals surface area contributed by atoms with Crippen LogP contribution in [-0.4, -0.2) is 60.1 Å². The largest absolute Gasteiger partial charge is 0.508 e. The van der Waals surface area contributed by atoms with E-state index in [2.05, 4.69) is 10.4 Å². The molecule has 17 heteroatoms. The number of phenolic OH excluding ortho intramolecular Hbond substituents is 1. The minimum Gasteiger partial charge on any atom is -0.508 e. The Kier molecular flexibility index (Phi) is 11.3. The molecule has 0 spiro atoms. The van der Waals surface area contributed by atoms with Crippen LogP contribution >= 0.6 is 23.2 Å². The van der Waals surface area contributed by atoms with E-state index in [1.807, 2.05) is 24.3 Å². The standard InChI is InChI=1S/C49H39Cl2F3N4O8/c1-64-32-15-19-39(65-2)26(20-32)7-4-25-5-12-30(13-6-25)57-44(60)35-18-17-33-36(41(35)46(57)62)23-37-45(61)58(56-43-38(51)21-28(24-55-43)49(52,53)54)47(63)48(37,27-8-10-29(50)11-9-27)42(33)34-16-14-31(59)22-40(34)66-3/h4-17,19-22,24,35-37,41-42,59H,18,23H2,1-3H3,(H,55,56). The van der Waals surface area contributed by atoms with E-state index in [0.717, 1.165) is 11.1 Å². The second kappa shape index (κ2) is 16.9. The number of hydrazine groups is 1. The second-order valence-electron chi connectivity index (χ2n) is 16.4. The van der Waals surface area contributed by atoms with Crippen molar-refractivity contribution in [1.82, 2.24) is 9.99 Å². The summed E-state index contributed by atoms with van der Waals surface area (Å²) in [6.07, 6.45) is 1.36. The number of nitrogens with zero attached hydrogens (tertiary/aromatic N) is 3. The molecule has 2 aliphatic heterocycles. The van der Waals surface area contributed by atoms with E-state index in [4.69, 9.17) is 37.4 Å². The highest BCUT2D eigenvalue weighted by molar-refractivity contribution is 6.33. The summed E-state index contributed by atoms with van der Waals surface area (Å²) in [4.78, 5) is 64.9. The maximum Gasteiger partial charge on any atom is 0.417 e. The number of benzene rings is 4. The van der Waals surface area contributed by atoms with Crippen molar-refractivity contribution in [2.45, 2.75) is 30.4 Å². The predicted octanol–water partition coefficient (Wildman–Crippen LogP) is 9.50. The summed E-state index contributed by atoms with van der Waals surface area (Å²) in [6.45, 7) is 0. The first-order valence-electron chi connectivity index (χ1n) is 20.7. The second-order valence-corrected chi connectivity index (χ2v) is 17.2. The summed E-state index contributed by atoms with van der Waals surface area (Å²) in [7, 11) is 4.53. The molecule has 2 N–H and O–H groups in total. The van der Waals surface area contributed by atoms with E-state index in [1.54, 1.807) is 80.9 Å². The number of rotatable bonds is 10. The summed E-state index contributed by atoms with van der Waals surface area (Å²) in [6, 6.07) is 23.7. The Labute approximate surface area is 386 Å². The van der Waals surface area contributed by atoms with Gasteiger partial charge in [0.1, 0.15) is 23.0 Å². The van der Waals surface area contributed by atoms with Crippen LogP contribution < -0.4 is 24.5 Å². The van der Waals surface area contributed by atoms with E-state index in [9.17, 15) is 27.9 Å². The first kappa shape index (κ1) is 44.4. The van der Waals surface area contributed by atoms with Gasteiger partial charge in [-0.05, 0) is 84.5 Å². The molecule has 3 heterocycles. The number of methoxy groups -OCH3 is 3. The number of allylic oxidation sites excluding steroid dienone is 2. The number of aromatic nitrogens is 1. The number of hydrogen-bond acceptors (Lipinski definition) is 10. The lowest BCUT2D eigenvalue weighted by Crippen LogP contribution is -2.53. The van der Waals surface area contributed by atoms with Crippen molar-refractivity contribution in [3.05, 3.63) is 147 Å². The van der Waals surface area contributed by atoms with Gasteiger partial charge in [0.15, 0.2) is 5.82 Å². The molecule has 0 radical (unpaired) electrons. The van der Waals surface area contributed by atoms with Crippen molar-refractivity contribution in [2.75, 3.05) is 31.7 Å². The summed E-state index contributed by atoms with van der Waals surface area (Å²) in [5, 5.41) is 11.2. The normalized spacial score (nSPS) is 23.7. The van der Waals surface area contributed by atoms with Gasteiger partial charge in [-0.15, -0.1) is 0 Å². The van der Waals surface area contributed by atoms with Crippen LogP contribution in [0.15, 0.2) is 109 Å². The van der Waals surface area contributed by atoms with Crippen molar-refractivity contribution in [2.24, 2.45) is 23.7 Å². The third kappa shape index (κ3) is 7.21. The highest BCUT2D eigenvalue weighted by Gasteiger charge is 2.71. The van der Waals surface area contributed by atoms with Gasteiger partial charge in [0.2, 0.25) is 11.8 Å². The number of aromatic hydroxyl groups is 1. The zero-order valence-corrected chi connectivity index (χ0v) is 36.8. The highest BCUT2D eigenvalue weighted by Crippen LogP contribution is 2.65. The quantitative estimate of drug-likeness (QED) is 0.0789. The van der Waals surface area contributed by atoms with Gasteiger partial charge >= 0.3 is 6.18 Å². The summed E-state index contributed by atoms with van der Waals surface area (Å²) in [5.41, 5.74) is 2.92. The maximum atomic E-state index is 15.5. The molecule has 6 unspecified atom stereocenters. The van der Waals surface area contributed by atoms with Crippen LogP contribution in [0.25, 0.3) is 12.2 Å². The van der Waals surface area contributed by atoms with Crippen molar-refractivity contribution in [3.63, 3.8) is 0 Å². The van der Waals surface area contributed by atoms with Crippen molar-refractivity contribution >= 4 is 70.5 Å². The molecule has 1 saturated carbocycles. The van der Waals surface area contributed by atoms with Gasteiger partial charge in [-0.1, -0.05) is 77.3 Å². The van der Waals surface area contributed by atoms with E-state index in [1.165, 1.54) is 24.1 Å².